The van der Waals surface area contributed by atoms with Crippen molar-refractivity contribution in [2.24, 2.45) is 5.92 Å². The molecule has 0 fully saturated rings. The monoisotopic (exact) mass is 352 g/mol. The van der Waals surface area contributed by atoms with E-state index in [1.807, 2.05) is 24.3 Å². The zero-order valence-electron chi connectivity index (χ0n) is 11.6. The van der Waals surface area contributed by atoms with Crippen LogP contribution in [0.5, 0.6) is 0 Å². The van der Waals surface area contributed by atoms with Crippen LogP contribution < -0.4 is 0 Å². The fourth-order valence-corrected chi connectivity index (χ4v) is 2.70. The highest BCUT2D eigenvalue weighted by Crippen LogP contribution is 2.29. The van der Waals surface area contributed by atoms with Crippen LogP contribution in [0, 0.1) is 5.92 Å². The molecule has 0 saturated carbocycles. The topological polar surface area (TPSA) is 20.2 Å². The molecule has 0 heterocycles. The van der Waals surface area contributed by atoms with Gasteiger partial charge in [0.05, 0.1) is 5.02 Å². The van der Waals surface area contributed by atoms with Crippen molar-refractivity contribution in [3.8, 4) is 0 Å². The van der Waals surface area contributed by atoms with Crippen molar-refractivity contribution in [2.75, 3.05) is 0 Å². The van der Waals surface area contributed by atoms with Crippen molar-refractivity contribution in [3.63, 3.8) is 0 Å². The third-order valence-corrected chi connectivity index (χ3v) is 4.41. The summed E-state index contributed by atoms with van der Waals surface area (Å²) < 4.78 is 0.798. The Morgan fingerprint density at radius 3 is 2.20 bits per heavy atom. The molecule has 1 N–H and O–H groups in total. The van der Waals surface area contributed by atoms with Gasteiger partial charge in [-0.05, 0) is 57.1 Å². The molecule has 0 bridgehead atoms. The molecule has 0 aliphatic heterocycles. The summed E-state index contributed by atoms with van der Waals surface area (Å²) >= 11 is 9.35. The van der Waals surface area contributed by atoms with Crippen molar-refractivity contribution in [1.82, 2.24) is 0 Å². The minimum absolute atomic E-state index is 0.628. The number of aliphatic hydroxyl groups excluding tert-OH is 1. The summed E-state index contributed by atoms with van der Waals surface area (Å²) in [4.78, 5) is 0. The van der Waals surface area contributed by atoms with Gasteiger partial charge in [0.1, 0.15) is 6.10 Å². The second-order valence-corrected chi connectivity index (χ2v) is 6.68. The van der Waals surface area contributed by atoms with Crippen LogP contribution in [0.4, 0.5) is 0 Å². The van der Waals surface area contributed by atoms with Gasteiger partial charge in [-0.3, -0.25) is 0 Å². The van der Waals surface area contributed by atoms with Crippen LogP contribution in [0.1, 0.15) is 36.6 Å². The zero-order valence-corrected chi connectivity index (χ0v) is 13.9. The average Bonchev–Trinajstić information content (AvgIpc) is 2.41. The predicted molar refractivity (Wildman–Crippen MR) is 88.2 cm³/mol. The van der Waals surface area contributed by atoms with Crippen LogP contribution in [-0.2, 0) is 6.42 Å². The highest BCUT2D eigenvalue weighted by atomic mass is 79.9. The SMILES string of the molecule is CC(C)Cc1ccc(C(O)c2ccc(Cl)c(Br)c2)cc1. The van der Waals surface area contributed by atoms with E-state index >= 15 is 0 Å². The number of halogens is 2. The minimum Gasteiger partial charge on any atom is -0.384 e. The molecular formula is C17H18BrClO. The Bertz CT molecular complexity index is 578. The number of aliphatic hydroxyl groups is 1. The molecule has 0 aromatic heterocycles. The van der Waals surface area contributed by atoms with E-state index in [1.165, 1.54) is 5.56 Å². The highest BCUT2D eigenvalue weighted by molar-refractivity contribution is 9.10. The Balaban J connectivity index is 2.20. The van der Waals surface area contributed by atoms with Crippen LogP contribution in [0.25, 0.3) is 0 Å². The summed E-state index contributed by atoms with van der Waals surface area (Å²) in [5.74, 6) is 0.637. The molecule has 1 atom stereocenters. The molecule has 20 heavy (non-hydrogen) atoms. The van der Waals surface area contributed by atoms with Crippen molar-refractivity contribution in [3.05, 3.63) is 68.7 Å². The number of rotatable bonds is 4. The molecule has 2 aromatic carbocycles. The van der Waals surface area contributed by atoms with Gasteiger partial charge >= 0.3 is 0 Å². The highest BCUT2D eigenvalue weighted by Gasteiger charge is 2.12. The molecule has 3 heteroatoms. The van der Waals surface area contributed by atoms with Crippen LogP contribution in [-0.4, -0.2) is 5.11 Å². The molecule has 0 spiro atoms. The van der Waals surface area contributed by atoms with Crippen LogP contribution in [0.2, 0.25) is 5.02 Å². The molecule has 2 rings (SSSR count). The smallest absolute Gasteiger partial charge is 0.104 e. The summed E-state index contributed by atoms with van der Waals surface area (Å²) in [5, 5.41) is 11.1. The Hall–Kier alpha value is -0.830. The van der Waals surface area contributed by atoms with E-state index in [-0.39, 0.29) is 0 Å². The molecule has 0 radical (unpaired) electrons. The third-order valence-electron chi connectivity index (χ3n) is 3.20. The lowest BCUT2D eigenvalue weighted by Crippen LogP contribution is -2.01. The first-order valence-corrected chi connectivity index (χ1v) is 7.86. The Morgan fingerprint density at radius 2 is 1.65 bits per heavy atom. The molecular weight excluding hydrogens is 336 g/mol. The first kappa shape index (κ1) is 15.6. The van der Waals surface area contributed by atoms with Crippen LogP contribution >= 0.6 is 27.5 Å². The fourth-order valence-electron chi connectivity index (χ4n) is 2.18. The lowest BCUT2D eigenvalue weighted by atomic mass is 9.97. The molecule has 0 amide bonds. The quantitative estimate of drug-likeness (QED) is 0.782. The Kier molecular flexibility index (Phi) is 5.25. The maximum Gasteiger partial charge on any atom is 0.104 e. The maximum atomic E-state index is 10.4. The molecule has 2 aromatic rings. The van der Waals surface area contributed by atoms with E-state index in [0.29, 0.717) is 10.9 Å². The first-order chi connectivity index (χ1) is 9.47. The predicted octanol–water partition coefficient (Wildman–Crippen LogP) is 5.38. The van der Waals surface area contributed by atoms with Crippen molar-refractivity contribution >= 4 is 27.5 Å². The molecule has 106 valence electrons. The standard InChI is InChI=1S/C17H18BrClO/c1-11(2)9-12-3-5-13(6-4-12)17(20)14-7-8-16(19)15(18)10-14/h3-8,10-11,17,20H,9H2,1-2H3. The van der Waals surface area contributed by atoms with E-state index in [2.05, 4.69) is 41.9 Å². The zero-order chi connectivity index (χ0) is 14.7. The van der Waals surface area contributed by atoms with E-state index in [1.54, 1.807) is 6.07 Å². The second-order valence-electron chi connectivity index (χ2n) is 5.42. The number of hydrogen-bond donors (Lipinski definition) is 1. The van der Waals surface area contributed by atoms with Gasteiger partial charge in [-0.2, -0.15) is 0 Å². The van der Waals surface area contributed by atoms with E-state index in [4.69, 9.17) is 11.6 Å². The summed E-state index contributed by atoms with van der Waals surface area (Å²) in [5.41, 5.74) is 3.03. The van der Waals surface area contributed by atoms with Crippen molar-refractivity contribution in [1.29, 1.82) is 0 Å². The van der Waals surface area contributed by atoms with E-state index < -0.39 is 6.10 Å². The van der Waals surface area contributed by atoms with Crippen LogP contribution in [0.3, 0.4) is 0 Å². The normalized spacial score (nSPS) is 12.7. The van der Waals surface area contributed by atoms with Gasteiger partial charge in [0.15, 0.2) is 0 Å². The van der Waals surface area contributed by atoms with Gasteiger partial charge in [-0.1, -0.05) is 55.8 Å². The van der Waals surface area contributed by atoms with Gasteiger partial charge in [-0.25, -0.2) is 0 Å². The lowest BCUT2D eigenvalue weighted by molar-refractivity contribution is 0.220. The number of benzene rings is 2. The van der Waals surface area contributed by atoms with Gasteiger partial charge in [0.2, 0.25) is 0 Å². The fraction of sp³-hybridized carbons (Fsp3) is 0.294. The molecule has 1 nitrogen and oxygen atoms in total. The van der Waals surface area contributed by atoms with Gasteiger partial charge in [0, 0.05) is 4.47 Å². The van der Waals surface area contributed by atoms with Gasteiger partial charge in [0.25, 0.3) is 0 Å². The van der Waals surface area contributed by atoms with Crippen molar-refractivity contribution in [2.45, 2.75) is 26.4 Å². The molecule has 1 unspecified atom stereocenters. The Morgan fingerprint density at radius 1 is 1.05 bits per heavy atom. The third kappa shape index (κ3) is 3.85. The molecule has 0 aliphatic carbocycles. The summed E-state index contributed by atoms with van der Waals surface area (Å²) in [6.45, 7) is 4.40. The first-order valence-electron chi connectivity index (χ1n) is 6.69. The average molecular weight is 354 g/mol. The minimum atomic E-state index is -0.628. The van der Waals surface area contributed by atoms with Crippen LogP contribution in [0.15, 0.2) is 46.9 Å². The number of hydrogen-bond acceptors (Lipinski definition) is 1. The largest absolute Gasteiger partial charge is 0.384 e. The van der Waals surface area contributed by atoms with E-state index in [9.17, 15) is 5.11 Å². The van der Waals surface area contributed by atoms with Gasteiger partial charge < -0.3 is 5.11 Å². The molecule has 0 aliphatic rings. The summed E-state index contributed by atoms with van der Waals surface area (Å²) in [6, 6.07) is 13.6. The maximum absolute atomic E-state index is 10.4. The lowest BCUT2D eigenvalue weighted by Gasteiger charge is -2.13. The molecule has 0 saturated heterocycles. The second kappa shape index (κ2) is 6.75. The summed E-state index contributed by atoms with van der Waals surface area (Å²) in [7, 11) is 0. The van der Waals surface area contributed by atoms with E-state index in [0.717, 1.165) is 22.0 Å². The Labute approximate surface area is 133 Å². The summed E-state index contributed by atoms with van der Waals surface area (Å²) in [6.07, 6.45) is 0.430. The van der Waals surface area contributed by atoms with Gasteiger partial charge in [-0.15, -0.1) is 0 Å². The van der Waals surface area contributed by atoms with Crippen molar-refractivity contribution < 1.29 is 5.11 Å².